The Morgan fingerprint density at radius 2 is 1.67 bits per heavy atom. The van der Waals surface area contributed by atoms with Gasteiger partial charge >= 0.3 is 0 Å². The molecule has 0 aliphatic heterocycles. The second kappa shape index (κ2) is 8.22. The predicted molar refractivity (Wildman–Crippen MR) is 74.6 cm³/mol. The van der Waals surface area contributed by atoms with Gasteiger partial charge in [-0.25, -0.2) is 0 Å². The molecule has 0 heterocycles. The van der Waals surface area contributed by atoms with Crippen LogP contribution in [0.5, 0.6) is 11.5 Å². The molecule has 102 valence electrons. The molecular formula is C14H23ClNO2+. The first-order valence-electron chi connectivity index (χ1n) is 6.62. The molecule has 0 saturated heterocycles. The molecule has 1 aromatic rings. The van der Waals surface area contributed by atoms with Gasteiger partial charge in [0.25, 0.3) is 0 Å². The van der Waals surface area contributed by atoms with Crippen molar-refractivity contribution in [3.63, 3.8) is 0 Å². The molecule has 0 radical (unpaired) electrons. The molecule has 0 aromatic heterocycles. The second-order valence-corrected chi connectivity index (χ2v) is 4.45. The third-order valence-electron chi connectivity index (χ3n) is 2.57. The van der Waals surface area contributed by atoms with Crippen LogP contribution in [0, 0.1) is 0 Å². The Balaban J connectivity index is 2.87. The van der Waals surface area contributed by atoms with Crippen molar-refractivity contribution in [2.24, 2.45) is 0 Å². The lowest BCUT2D eigenvalue weighted by molar-refractivity contribution is -0.670. The molecule has 0 fully saturated rings. The fourth-order valence-corrected chi connectivity index (χ4v) is 1.96. The minimum Gasteiger partial charge on any atom is -0.490 e. The first-order valence-corrected chi connectivity index (χ1v) is 7.00. The fraction of sp³-hybridized carbons (Fsp3) is 0.571. The Labute approximate surface area is 114 Å². The molecule has 1 aromatic carbocycles. The molecule has 0 saturated carbocycles. The SMILES string of the molecule is CCC[NH2+]Cc1cc(OCC)c(OCC)cc1Cl. The van der Waals surface area contributed by atoms with Crippen molar-refractivity contribution in [3.8, 4) is 11.5 Å². The van der Waals surface area contributed by atoms with Crippen LogP contribution >= 0.6 is 11.6 Å². The van der Waals surface area contributed by atoms with Crippen LogP contribution in [0.2, 0.25) is 5.02 Å². The number of halogens is 1. The second-order valence-electron chi connectivity index (χ2n) is 4.04. The molecule has 2 N–H and O–H groups in total. The zero-order valence-corrected chi connectivity index (χ0v) is 12.2. The van der Waals surface area contributed by atoms with E-state index >= 15 is 0 Å². The van der Waals surface area contributed by atoms with Crippen LogP contribution in [0.25, 0.3) is 0 Å². The van der Waals surface area contributed by atoms with Gasteiger partial charge in [-0.3, -0.25) is 0 Å². The lowest BCUT2D eigenvalue weighted by Gasteiger charge is -2.13. The van der Waals surface area contributed by atoms with Crippen LogP contribution in [0.4, 0.5) is 0 Å². The highest BCUT2D eigenvalue weighted by atomic mass is 35.5. The van der Waals surface area contributed by atoms with Crippen molar-refractivity contribution in [2.45, 2.75) is 33.7 Å². The molecule has 1 rings (SSSR count). The van der Waals surface area contributed by atoms with E-state index in [4.69, 9.17) is 21.1 Å². The van der Waals surface area contributed by atoms with Crippen LogP contribution < -0.4 is 14.8 Å². The normalized spacial score (nSPS) is 10.4. The summed E-state index contributed by atoms with van der Waals surface area (Å²) in [7, 11) is 0. The van der Waals surface area contributed by atoms with Crippen LogP contribution in [0.15, 0.2) is 12.1 Å². The molecule has 0 spiro atoms. The van der Waals surface area contributed by atoms with Gasteiger partial charge < -0.3 is 14.8 Å². The van der Waals surface area contributed by atoms with Gasteiger partial charge in [-0.1, -0.05) is 18.5 Å². The summed E-state index contributed by atoms with van der Waals surface area (Å²) in [5, 5.41) is 2.99. The summed E-state index contributed by atoms with van der Waals surface area (Å²) in [6, 6.07) is 3.84. The summed E-state index contributed by atoms with van der Waals surface area (Å²) in [6.45, 7) is 9.30. The average molecular weight is 273 g/mol. The molecule has 18 heavy (non-hydrogen) atoms. The average Bonchev–Trinajstić information content (AvgIpc) is 2.35. The minimum absolute atomic E-state index is 0.609. The van der Waals surface area contributed by atoms with Gasteiger partial charge in [0.1, 0.15) is 6.54 Å². The number of benzene rings is 1. The van der Waals surface area contributed by atoms with Crippen molar-refractivity contribution in [3.05, 3.63) is 22.7 Å². The Bertz CT molecular complexity index is 369. The van der Waals surface area contributed by atoms with Gasteiger partial charge in [0.05, 0.1) is 24.8 Å². The Hall–Kier alpha value is -0.930. The summed E-state index contributed by atoms with van der Waals surface area (Å²) in [5.41, 5.74) is 1.09. The highest BCUT2D eigenvalue weighted by molar-refractivity contribution is 6.31. The lowest BCUT2D eigenvalue weighted by atomic mass is 10.2. The maximum Gasteiger partial charge on any atom is 0.162 e. The molecule has 0 amide bonds. The standard InChI is InChI=1S/C14H22ClNO2/c1-4-7-16-10-11-8-13(17-5-2)14(18-6-3)9-12(11)15/h8-9,16H,4-7,10H2,1-3H3/p+1. The van der Waals surface area contributed by atoms with Crippen molar-refractivity contribution < 1.29 is 14.8 Å². The third kappa shape index (κ3) is 4.39. The summed E-state index contributed by atoms with van der Waals surface area (Å²) >= 11 is 6.26. The van der Waals surface area contributed by atoms with Crippen LogP contribution in [0.1, 0.15) is 32.8 Å². The summed E-state index contributed by atoms with van der Waals surface area (Å²) in [6.07, 6.45) is 1.16. The first-order chi connectivity index (χ1) is 8.72. The van der Waals surface area contributed by atoms with Crippen LogP contribution in [-0.4, -0.2) is 19.8 Å². The van der Waals surface area contributed by atoms with E-state index in [2.05, 4.69) is 12.2 Å². The molecule has 0 bridgehead atoms. The predicted octanol–water partition coefficient (Wildman–Crippen LogP) is 2.61. The third-order valence-corrected chi connectivity index (χ3v) is 2.92. The smallest absolute Gasteiger partial charge is 0.162 e. The van der Waals surface area contributed by atoms with Crippen molar-refractivity contribution in [2.75, 3.05) is 19.8 Å². The molecule has 3 nitrogen and oxygen atoms in total. The van der Waals surface area contributed by atoms with Crippen molar-refractivity contribution in [1.29, 1.82) is 0 Å². The van der Waals surface area contributed by atoms with E-state index in [9.17, 15) is 0 Å². The lowest BCUT2D eigenvalue weighted by Crippen LogP contribution is -2.82. The highest BCUT2D eigenvalue weighted by Gasteiger charge is 2.11. The number of hydrogen-bond acceptors (Lipinski definition) is 2. The number of ether oxygens (including phenoxy) is 2. The van der Waals surface area contributed by atoms with Crippen molar-refractivity contribution in [1.82, 2.24) is 0 Å². The van der Waals surface area contributed by atoms with E-state index in [1.54, 1.807) is 0 Å². The van der Waals surface area contributed by atoms with Crippen molar-refractivity contribution >= 4 is 11.6 Å². The zero-order valence-electron chi connectivity index (χ0n) is 11.5. The first kappa shape index (κ1) is 15.1. The Morgan fingerprint density at radius 1 is 1.06 bits per heavy atom. The largest absolute Gasteiger partial charge is 0.490 e. The quantitative estimate of drug-likeness (QED) is 0.739. The van der Waals surface area contributed by atoms with Gasteiger partial charge in [-0.15, -0.1) is 0 Å². The summed E-state index contributed by atoms with van der Waals surface area (Å²) in [4.78, 5) is 0. The highest BCUT2D eigenvalue weighted by Crippen LogP contribution is 2.33. The minimum atomic E-state index is 0.609. The molecular weight excluding hydrogens is 250 g/mol. The monoisotopic (exact) mass is 272 g/mol. The van der Waals surface area contributed by atoms with Gasteiger partial charge in [0, 0.05) is 11.6 Å². The van der Waals surface area contributed by atoms with Gasteiger partial charge in [-0.05, 0) is 26.3 Å². The Morgan fingerprint density at radius 3 is 2.22 bits per heavy atom. The molecule has 0 unspecified atom stereocenters. The van der Waals surface area contributed by atoms with E-state index in [0.717, 1.165) is 41.6 Å². The maximum absolute atomic E-state index is 6.26. The number of rotatable bonds is 8. The van der Waals surface area contributed by atoms with E-state index < -0.39 is 0 Å². The fourth-order valence-electron chi connectivity index (χ4n) is 1.73. The number of hydrogen-bond donors (Lipinski definition) is 1. The van der Waals surface area contributed by atoms with Crippen LogP contribution in [-0.2, 0) is 6.54 Å². The number of nitrogens with two attached hydrogens (primary N) is 1. The molecule has 0 aliphatic carbocycles. The van der Waals surface area contributed by atoms with Crippen LogP contribution in [0.3, 0.4) is 0 Å². The van der Waals surface area contributed by atoms with Gasteiger partial charge in [-0.2, -0.15) is 0 Å². The Kier molecular flexibility index (Phi) is 6.91. The zero-order chi connectivity index (χ0) is 13.4. The summed E-state index contributed by atoms with van der Waals surface area (Å²) < 4.78 is 11.1. The van der Waals surface area contributed by atoms with Gasteiger partial charge in [0.2, 0.25) is 0 Å². The number of quaternary nitrogens is 1. The maximum atomic E-state index is 6.26. The van der Waals surface area contributed by atoms with E-state index in [1.165, 1.54) is 0 Å². The summed E-state index contributed by atoms with van der Waals surface area (Å²) in [5.74, 6) is 1.51. The topological polar surface area (TPSA) is 35.1 Å². The van der Waals surface area contributed by atoms with E-state index in [-0.39, 0.29) is 0 Å². The molecule has 0 aliphatic rings. The van der Waals surface area contributed by atoms with E-state index in [0.29, 0.717) is 13.2 Å². The molecule has 0 atom stereocenters. The van der Waals surface area contributed by atoms with E-state index in [1.807, 2.05) is 26.0 Å². The van der Waals surface area contributed by atoms with Gasteiger partial charge in [0.15, 0.2) is 11.5 Å². The molecule has 4 heteroatoms.